The molecule has 3 aliphatic carbocycles. The number of methoxy groups -OCH3 is 1. The van der Waals surface area contributed by atoms with Crippen LogP contribution in [0.1, 0.15) is 66.7 Å². The fourth-order valence-corrected chi connectivity index (χ4v) is 6.30. The minimum absolute atomic E-state index is 0.00868. The van der Waals surface area contributed by atoms with E-state index in [1.807, 2.05) is 6.07 Å². The van der Waals surface area contributed by atoms with Gasteiger partial charge < -0.3 is 10.5 Å². The minimum atomic E-state index is -0.934. The van der Waals surface area contributed by atoms with Crippen LogP contribution in [0.4, 0.5) is 0 Å². The van der Waals surface area contributed by atoms with Crippen LogP contribution >= 0.6 is 0 Å². The van der Waals surface area contributed by atoms with Crippen molar-refractivity contribution >= 4 is 11.9 Å². The van der Waals surface area contributed by atoms with Crippen LogP contribution in [0.2, 0.25) is 0 Å². The zero-order valence-corrected chi connectivity index (χ0v) is 18.5. The Morgan fingerprint density at radius 2 is 1.97 bits per heavy atom. The van der Waals surface area contributed by atoms with Gasteiger partial charge in [0.2, 0.25) is 0 Å². The predicted octanol–water partition coefficient (Wildman–Crippen LogP) is 3.04. The third-order valence-corrected chi connectivity index (χ3v) is 8.19. The topological polar surface area (TPSA) is 93.7 Å². The smallest absolute Gasteiger partial charge is 0.262 e. The van der Waals surface area contributed by atoms with E-state index in [1.54, 1.807) is 24.4 Å². The lowest BCUT2D eigenvalue weighted by Crippen LogP contribution is -2.52. The Labute approximate surface area is 188 Å². The van der Waals surface area contributed by atoms with Gasteiger partial charge in [-0.1, -0.05) is 18.2 Å². The van der Waals surface area contributed by atoms with Crippen molar-refractivity contribution in [2.75, 3.05) is 7.11 Å². The summed E-state index contributed by atoms with van der Waals surface area (Å²) in [5.74, 6) is 0.939. The SMILES string of the molecule is COC1CCC2(CC1)Cc1ccc(C3CC3)cc1C21N=C(N)N(Cc2ccnnc2)C1=O. The highest BCUT2D eigenvalue weighted by atomic mass is 16.5. The normalized spacial score (nSPS) is 31.4. The molecule has 1 aliphatic heterocycles. The molecule has 2 heterocycles. The number of aliphatic imine (C=N–C) groups is 1. The first-order chi connectivity index (χ1) is 15.6. The average molecular weight is 432 g/mol. The highest BCUT2D eigenvalue weighted by molar-refractivity contribution is 6.08. The number of fused-ring (bicyclic) bond motifs is 3. The summed E-state index contributed by atoms with van der Waals surface area (Å²) in [6, 6.07) is 8.65. The van der Waals surface area contributed by atoms with Crippen molar-refractivity contribution in [3.8, 4) is 0 Å². The number of carbonyl (C=O) groups excluding carboxylic acids is 1. The molecule has 2 N–H and O–H groups in total. The summed E-state index contributed by atoms with van der Waals surface area (Å²) >= 11 is 0. The molecule has 0 saturated heterocycles. The van der Waals surface area contributed by atoms with Crippen molar-refractivity contribution in [2.45, 2.75) is 69.1 Å². The van der Waals surface area contributed by atoms with E-state index in [1.165, 1.54) is 24.0 Å². The van der Waals surface area contributed by atoms with E-state index in [0.717, 1.165) is 43.2 Å². The molecule has 2 spiro atoms. The van der Waals surface area contributed by atoms with Gasteiger partial charge in [-0.15, -0.1) is 0 Å². The highest BCUT2D eigenvalue weighted by Crippen LogP contribution is 2.62. The maximum Gasteiger partial charge on any atom is 0.262 e. The standard InChI is InChI=1S/C25H29N5O2/c1-32-20-6-9-24(10-7-20)13-19-5-4-18(17-2-3-17)12-21(19)25(24)22(31)30(23(26)29-25)15-16-8-11-27-28-14-16/h4-5,8,11-12,14,17,20H,2-3,6-7,9-10,13,15H2,1H3,(H2,26,29). The van der Waals surface area contributed by atoms with Crippen molar-refractivity contribution in [1.82, 2.24) is 15.1 Å². The Balaban J connectivity index is 1.45. The molecule has 7 nitrogen and oxygen atoms in total. The summed E-state index contributed by atoms with van der Waals surface area (Å²) in [5.41, 5.74) is 9.86. The molecule has 4 aliphatic rings. The molecule has 2 aromatic rings. The van der Waals surface area contributed by atoms with E-state index < -0.39 is 5.54 Å². The Morgan fingerprint density at radius 1 is 1.16 bits per heavy atom. The van der Waals surface area contributed by atoms with Crippen LogP contribution in [-0.2, 0) is 28.0 Å². The fraction of sp³-hybridized carbons (Fsp3) is 0.520. The minimum Gasteiger partial charge on any atom is -0.381 e. The van der Waals surface area contributed by atoms with Gasteiger partial charge in [-0.2, -0.15) is 10.2 Å². The van der Waals surface area contributed by atoms with Crippen LogP contribution in [0, 0.1) is 5.41 Å². The Hall–Kier alpha value is -2.80. The first kappa shape index (κ1) is 19.9. The summed E-state index contributed by atoms with van der Waals surface area (Å²) in [7, 11) is 1.78. The van der Waals surface area contributed by atoms with Gasteiger partial charge in [0.15, 0.2) is 11.5 Å². The predicted molar refractivity (Wildman–Crippen MR) is 120 cm³/mol. The molecule has 166 valence electrons. The second-order valence-electron chi connectivity index (χ2n) is 9.91. The monoisotopic (exact) mass is 431 g/mol. The molecule has 1 amide bonds. The average Bonchev–Trinajstić information content (AvgIpc) is 3.60. The molecule has 0 bridgehead atoms. The van der Waals surface area contributed by atoms with E-state index in [4.69, 9.17) is 15.5 Å². The third-order valence-electron chi connectivity index (χ3n) is 8.19. The number of hydrogen-bond acceptors (Lipinski definition) is 6. The molecule has 1 unspecified atom stereocenters. The number of nitrogens with zero attached hydrogens (tertiary/aromatic N) is 4. The van der Waals surface area contributed by atoms with Crippen LogP contribution in [0.5, 0.6) is 0 Å². The zero-order valence-electron chi connectivity index (χ0n) is 18.5. The maximum absolute atomic E-state index is 14.3. The van der Waals surface area contributed by atoms with Crippen LogP contribution < -0.4 is 5.73 Å². The molecular weight excluding hydrogens is 402 g/mol. The molecule has 2 fully saturated rings. The number of carbonyl (C=O) groups is 1. The van der Waals surface area contributed by atoms with E-state index in [2.05, 4.69) is 28.4 Å². The van der Waals surface area contributed by atoms with Gasteiger partial charge in [-0.05, 0) is 79.2 Å². The van der Waals surface area contributed by atoms with Crippen molar-refractivity contribution in [3.63, 3.8) is 0 Å². The Kier molecular flexibility index (Phi) is 4.41. The second kappa shape index (κ2) is 7.10. The number of amides is 1. The zero-order chi connectivity index (χ0) is 21.9. The summed E-state index contributed by atoms with van der Waals surface area (Å²) < 4.78 is 5.66. The van der Waals surface area contributed by atoms with Crippen LogP contribution in [-0.4, -0.2) is 40.2 Å². The van der Waals surface area contributed by atoms with Gasteiger partial charge in [0, 0.05) is 18.7 Å². The molecule has 32 heavy (non-hydrogen) atoms. The first-order valence-corrected chi connectivity index (χ1v) is 11.7. The summed E-state index contributed by atoms with van der Waals surface area (Å²) in [6.45, 7) is 0.361. The molecule has 1 atom stereocenters. The lowest BCUT2D eigenvalue weighted by molar-refractivity contribution is -0.138. The van der Waals surface area contributed by atoms with Gasteiger partial charge >= 0.3 is 0 Å². The van der Waals surface area contributed by atoms with Crippen molar-refractivity contribution < 1.29 is 9.53 Å². The summed E-state index contributed by atoms with van der Waals surface area (Å²) in [4.78, 5) is 21.0. The number of ether oxygens (including phenoxy) is 1. The number of benzene rings is 1. The fourth-order valence-electron chi connectivity index (χ4n) is 6.30. The molecule has 1 aromatic carbocycles. The largest absolute Gasteiger partial charge is 0.381 e. The van der Waals surface area contributed by atoms with E-state index in [-0.39, 0.29) is 17.4 Å². The third kappa shape index (κ3) is 2.76. The summed E-state index contributed by atoms with van der Waals surface area (Å²) in [5, 5.41) is 7.81. The van der Waals surface area contributed by atoms with Gasteiger partial charge in [-0.25, -0.2) is 4.99 Å². The van der Waals surface area contributed by atoms with Crippen molar-refractivity contribution in [3.05, 3.63) is 58.9 Å². The Morgan fingerprint density at radius 3 is 2.66 bits per heavy atom. The van der Waals surface area contributed by atoms with Gasteiger partial charge in [-0.3, -0.25) is 9.69 Å². The van der Waals surface area contributed by atoms with Crippen LogP contribution in [0.15, 0.2) is 41.7 Å². The van der Waals surface area contributed by atoms with Gasteiger partial charge in [0.25, 0.3) is 5.91 Å². The molecular formula is C25H29N5O2. The molecule has 6 rings (SSSR count). The number of rotatable bonds is 4. The number of aromatic nitrogens is 2. The molecule has 7 heteroatoms. The second-order valence-corrected chi connectivity index (χ2v) is 9.91. The number of hydrogen-bond donors (Lipinski definition) is 1. The molecule has 0 radical (unpaired) electrons. The quantitative estimate of drug-likeness (QED) is 0.803. The van der Waals surface area contributed by atoms with E-state index in [0.29, 0.717) is 18.4 Å². The Bertz CT molecular complexity index is 1090. The maximum atomic E-state index is 14.3. The lowest BCUT2D eigenvalue weighted by Gasteiger charge is -2.45. The molecule has 2 saturated carbocycles. The van der Waals surface area contributed by atoms with Crippen molar-refractivity contribution in [2.24, 2.45) is 16.1 Å². The summed E-state index contributed by atoms with van der Waals surface area (Å²) in [6.07, 6.45) is 10.6. The van der Waals surface area contributed by atoms with E-state index in [9.17, 15) is 4.79 Å². The first-order valence-electron chi connectivity index (χ1n) is 11.7. The number of guanidine groups is 1. The highest BCUT2D eigenvalue weighted by Gasteiger charge is 2.66. The molecule has 1 aromatic heterocycles. The van der Waals surface area contributed by atoms with E-state index >= 15 is 0 Å². The van der Waals surface area contributed by atoms with Crippen LogP contribution in [0.25, 0.3) is 0 Å². The van der Waals surface area contributed by atoms with Gasteiger partial charge in [0.05, 0.1) is 18.8 Å². The lowest BCUT2D eigenvalue weighted by atomic mass is 9.61. The van der Waals surface area contributed by atoms with Gasteiger partial charge in [0.1, 0.15) is 0 Å². The van der Waals surface area contributed by atoms with Crippen molar-refractivity contribution in [1.29, 1.82) is 0 Å². The van der Waals surface area contributed by atoms with Crippen LogP contribution in [0.3, 0.4) is 0 Å². The number of nitrogens with two attached hydrogens (primary N) is 1.